The number of rotatable bonds is 7. The molecule has 1 aromatic rings. The third-order valence-corrected chi connectivity index (χ3v) is 2.96. The molecule has 0 spiro atoms. The Labute approximate surface area is 108 Å². The molecule has 18 heavy (non-hydrogen) atoms. The van der Waals surface area contributed by atoms with Crippen LogP contribution in [0.4, 0.5) is 0 Å². The van der Waals surface area contributed by atoms with Crippen LogP contribution < -0.4 is 10.6 Å². The molecule has 0 aromatic heterocycles. The van der Waals surface area contributed by atoms with Gasteiger partial charge >= 0.3 is 0 Å². The molecular formula is C14H20N2O2. The quantitative estimate of drug-likeness (QED) is 0.762. The Kier molecular flexibility index (Phi) is 4.73. The normalized spacial score (nSPS) is 14.5. The molecule has 4 heteroatoms. The van der Waals surface area contributed by atoms with E-state index in [2.05, 4.69) is 16.7 Å². The Balaban J connectivity index is 1.76. The van der Waals surface area contributed by atoms with E-state index in [0.717, 1.165) is 18.4 Å². The maximum Gasteiger partial charge on any atom is 0.234 e. The van der Waals surface area contributed by atoms with Crippen LogP contribution in [0.5, 0.6) is 0 Å². The van der Waals surface area contributed by atoms with Crippen LogP contribution in [0, 0.1) is 0 Å². The fourth-order valence-electron chi connectivity index (χ4n) is 1.84. The Morgan fingerprint density at radius 2 is 2.06 bits per heavy atom. The first-order chi connectivity index (χ1) is 8.79. The van der Waals surface area contributed by atoms with E-state index in [1.807, 2.05) is 18.2 Å². The summed E-state index contributed by atoms with van der Waals surface area (Å²) < 4.78 is 5.15. The van der Waals surface area contributed by atoms with Gasteiger partial charge in [-0.15, -0.1) is 0 Å². The van der Waals surface area contributed by atoms with Crippen molar-refractivity contribution in [1.82, 2.24) is 10.6 Å². The summed E-state index contributed by atoms with van der Waals surface area (Å²) in [6, 6.07) is 8.53. The van der Waals surface area contributed by atoms with Gasteiger partial charge in [0.15, 0.2) is 0 Å². The number of carbonyl (C=O) groups excluding carboxylic acids is 1. The van der Waals surface area contributed by atoms with Gasteiger partial charge < -0.3 is 15.4 Å². The summed E-state index contributed by atoms with van der Waals surface area (Å²) in [5, 5.41) is 6.12. The third-order valence-electron chi connectivity index (χ3n) is 2.96. The van der Waals surface area contributed by atoms with Gasteiger partial charge in [0, 0.05) is 19.7 Å². The van der Waals surface area contributed by atoms with E-state index >= 15 is 0 Å². The average molecular weight is 248 g/mol. The van der Waals surface area contributed by atoms with Crippen LogP contribution in [0.3, 0.4) is 0 Å². The van der Waals surface area contributed by atoms with Gasteiger partial charge in [-0.1, -0.05) is 24.3 Å². The highest BCUT2D eigenvalue weighted by atomic mass is 16.5. The molecule has 2 N–H and O–H groups in total. The number of ether oxygens (including phenoxy) is 1. The molecule has 0 radical (unpaired) electrons. The van der Waals surface area contributed by atoms with Crippen molar-refractivity contribution in [3.63, 3.8) is 0 Å². The monoisotopic (exact) mass is 248 g/mol. The standard InChI is InChI=1S/C14H20N2O2/c1-18-10-12-5-3-2-4-11(12)8-15-9-14(17)16-13-6-7-13/h2-5,13,15H,6-10H2,1H3,(H,16,17). The van der Waals surface area contributed by atoms with Crippen molar-refractivity contribution in [2.24, 2.45) is 0 Å². The highest BCUT2D eigenvalue weighted by Gasteiger charge is 2.22. The van der Waals surface area contributed by atoms with Crippen molar-refractivity contribution >= 4 is 5.91 Å². The second-order valence-corrected chi connectivity index (χ2v) is 4.65. The van der Waals surface area contributed by atoms with Crippen molar-refractivity contribution in [2.45, 2.75) is 32.0 Å². The number of nitrogens with one attached hydrogen (secondary N) is 2. The second-order valence-electron chi connectivity index (χ2n) is 4.65. The number of methoxy groups -OCH3 is 1. The first-order valence-electron chi connectivity index (χ1n) is 6.35. The van der Waals surface area contributed by atoms with E-state index in [4.69, 9.17) is 4.74 Å². The lowest BCUT2D eigenvalue weighted by Crippen LogP contribution is -2.34. The Morgan fingerprint density at radius 3 is 2.72 bits per heavy atom. The van der Waals surface area contributed by atoms with Crippen LogP contribution in [-0.2, 0) is 22.7 Å². The number of hydrogen-bond acceptors (Lipinski definition) is 3. The highest BCUT2D eigenvalue weighted by Crippen LogP contribution is 2.18. The lowest BCUT2D eigenvalue weighted by Gasteiger charge is -2.10. The van der Waals surface area contributed by atoms with Gasteiger partial charge in [-0.25, -0.2) is 0 Å². The smallest absolute Gasteiger partial charge is 0.234 e. The molecule has 0 atom stereocenters. The summed E-state index contributed by atoms with van der Waals surface area (Å²) in [5.41, 5.74) is 2.34. The van der Waals surface area contributed by atoms with Crippen molar-refractivity contribution < 1.29 is 9.53 Å². The predicted molar refractivity (Wildman–Crippen MR) is 70.0 cm³/mol. The SMILES string of the molecule is COCc1ccccc1CNCC(=O)NC1CC1. The minimum atomic E-state index is 0.0849. The second kappa shape index (κ2) is 6.52. The van der Waals surface area contributed by atoms with Crippen LogP contribution in [0.2, 0.25) is 0 Å². The van der Waals surface area contributed by atoms with Gasteiger partial charge in [0.25, 0.3) is 0 Å². The zero-order chi connectivity index (χ0) is 12.8. The molecule has 0 unspecified atom stereocenters. The van der Waals surface area contributed by atoms with Gasteiger partial charge in [-0.05, 0) is 24.0 Å². The predicted octanol–water partition coefficient (Wildman–Crippen LogP) is 1.20. The van der Waals surface area contributed by atoms with E-state index in [0.29, 0.717) is 25.7 Å². The molecule has 1 aliphatic rings. The van der Waals surface area contributed by atoms with Gasteiger partial charge in [0.05, 0.1) is 13.2 Å². The van der Waals surface area contributed by atoms with Gasteiger partial charge in [0.1, 0.15) is 0 Å². The van der Waals surface area contributed by atoms with Crippen molar-refractivity contribution in [3.05, 3.63) is 35.4 Å². The number of amides is 1. The van der Waals surface area contributed by atoms with Crippen LogP contribution in [0.25, 0.3) is 0 Å². The summed E-state index contributed by atoms with van der Waals surface area (Å²) in [5.74, 6) is 0.0849. The van der Waals surface area contributed by atoms with Crippen molar-refractivity contribution in [1.29, 1.82) is 0 Å². The fourth-order valence-corrected chi connectivity index (χ4v) is 1.84. The van der Waals surface area contributed by atoms with Crippen molar-refractivity contribution in [2.75, 3.05) is 13.7 Å². The Morgan fingerprint density at radius 1 is 1.33 bits per heavy atom. The first-order valence-corrected chi connectivity index (χ1v) is 6.35. The molecule has 4 nitrogen and oxygen atoms in total. The molecule has 0 heterocycles. The summed E-state index contributed by atoms with van der Waals surface area (Å²) in [6.07, 6.45) is 2.25. The maximum absolute atomic E-state index is 11.5. The molecule has 0 saturated heterocycles. The molecule has 1 aliphatic carbocycles. The van der Waals surface area contributed by atoms with E-state index < -0.39 is 0 Å². The van der Waals surface area contributed by atoms with Crippen LogP contribution in [-0.4, -0.2) is 25.6 Å². The van der Waals surface area contributed by atoms with Crippen LogP contribution in [0.1, 0.15) is 24.0 Å². The summed E-state index contributed by atoms with van der Waals surface area (Å²) in [7, 11) is 1.69. The number of benzene rings is 1. The van der Waals surface area contributed by atoms with Crippen molar-refractivity contribution in [3.8, 4) is 0 Å². The van der Waals surface area contributed by atoms with E-state index in [1.54, 1.807) is 7.11 Å². The maximum atomic E-state index is 11.5. The molecule has 0 aliphatic heterocycles. The molecule has 0 bridgehead atoms. The first kappa shape index (κ1) is 13.1. The third kappa shape index (κ3) is 4.13. The summed E-state index contributed by atoms with van der Waals surface area (Å²) in [4.78, 5) is 11.5. The van der Waals surface area contributed by atoms with Gasteiger partial charge in [-0.2, -0.15) is 0 Å². The highest BCUT2D eigenvalue weighted by molar-refractivity contribution is 5.78. The number of carbonyl (C=O) groups is 1. The molecule has 2 rings (SSSR count). The molecule has 98 valence electrons. The van der Waals surface area contributed by atoms with E-state index in [1.165, 1.54) is 5.56 Å². The number of hydrogen-bond donors (Lipinski definition) is 2. The molecule has 1 amide bonds. The Bertz CT molecular complexity index is 403. The molecule has 1 saturated carbocycles. The minimum absolute atomic E-state index is 0.0849. The van der Waals surface area contributed by atoms with Crippen LogP contribution >= 0.6 is 0 Å². The zero-order valence-electron chi connectivity index (χ0n) is 10.7. The summed E-state index contributed by atoms with van der Waals surface area (Å²) in [6.45, 7) is 1.67. The lowest BCUT2D eigenvalue weighted by molar-refractivity contribution is -0.120. The topological polar surface area (TPSA) is 50.4 Å². The molecule has 1 fully saturated rings. The van der Waals surface area contributed by atoms with E-state index in [-0.39, 0.29) is 5.91 Å². The summed E-state index contributed by atoms with van der Waals surface area (Å²) >= 11 is 0. The molecule has 1 aromatic carbocycles. The minimum Gasteiger partial charge on any atom is -0.380 e. The van der Waals surface area contributed by atoms with Gasteiger partial charge in [-0.3, -0.25) is 4.79 Å². The van der Waals surface area contributed by atoms with Gasteiger partial charge in [0.2, 0.25) is 5.91 Å². The average Bonchev–Trinajstić information content (AvgIpc) is 3.15. The van der Waals surface area contributed by atoms with E-state index in [9.17, 15) is 4.79 Å². The largest absolute Gasteiger partial charge is 0.380 e. The lowest BCUT2D eigenvalue weighted by atomic mass is 10.1. The zero-order valence-corrected chi connectivity index (χ0v) is 10.7. The fraction of sp³-hybridized carbons (Fsp3) is 0.500. The molecular weight excluding hydrogens is 228 g/mol. The van der Waals surface area contributed by atoms with Crippen LogP contribution in [0.15, 0.2) is 24.3 Å². The Hall–Kier alpha value is -1.39.